The van der Waals surface area contributed by atoms with E-state index in [2.05, 4.69) is 9.97 Å². The van der Waals surface area contributed by atoms with Gasteiger partial charge in [0.2, 0.25) is 5.88 Å². The van der Waals surface area contributed by atoms with Crippen LogP contribution >= 0.6 is 23.2 Å². The van der Waals surface area contributed by atoms with Gasteiger partial charge in [-0.25, -0.2) is 4.98 Å². The van der Waals surface area contributed by atoms with E-state index in [1.165, 1.54) is 0 Å². The van der Waals surface area contributed by atoms with Gasteiger partial charge in [0.15, 0.2) is 0 Å². The van der Waals surface area contributed by atoms with Gasteiger partial charge in [-0.1, -0.05) is 50.0 Å². The van der Waals surface area contributed by atoms with Gasteiger partial charge in [-0.2, -0.15) is 4.98 Å². The summed E-state index contributed by atoms with van der Waals surface area (Å²) in [5, 5.41) is 0.755. The Bertz CT molecular complexity index is 639. The van der Waals surface area contributed by atoms with Crippen LogP contribution in [0.1, 0.15) is 26.6 Å². The van der Waals surface area contributed by atoms with Crippen LogP contribution in [0.15, 0.2) is 24.3 Å². The number of rotatable bonds is 2. The van der Waals surface area contributed by atoms with E-state index in [0.717, 1.165) is 0 Å². The molecule has 0 saturated heterocycles. The van der Waals surface area contributed by atoms with Gasteiger partial charge in [0.05, 0.1) is 5.02 Å². The number of nitrogens with two attached hydrogens (primary N) is 1. The van der Waals surface area contributed by atoms with Crippen LogP contribution in [-0.4, -0.2) is 9.97 Å². The Hall–Kier alpha value is -1.52. The van der Waals surface area contributed by atoms with Crippen LogP contribution in [-0.2, 0) is 5.41 Å². The van der Waals surface area contributed by atoms with Crippen molar-refractivity contribution in [1.29, 1.82) is 0 Å². The first-order chi connectivity index (χ1) is 9.27. The number of hydrogen-bond donors (Lipinski definition) is 1. The lowest BCUT2D eigenvalue weighted by molar-refractivity contribution is 0.447. The third-order valence-electron chi connectivity index (χ3n) is 2.52. The SMILES string of the molecule is CC(C)(C)c1nc(N)cc(Oc2cccc(Cl)c2Cl)n1. The number of nitrogens with zero attached hydrogens (tertiary/aromatic N) is 2. The maximum atomic E-state index is 6.08. The Labute approximate surface area is 127 Å². The Kier molecular flexibility index (Phi) is 4.06. The fourth-order valence-corrected chi connectivity index (χ4v) is 1.84. The minimum Gasteiger partial charge on any atom is -0.437 e. The Balaban J connectivity index is 2.39. The summed E-state index contributed by atoms with van der Waals surface area (Å²) >= 11 is 12.0. The number of aromatic nitrogens is 2. The summed E-state index contributed by atoms with van der Waals surface area (Å²) in [4.78, 5) is 8.57. The maximum Gasteiger partial charge on any atom is 0.224 e. The van der Waals surface area contributed by atoms with E-state index in [1.54, 1.807) is 24.3 Å². The number of benzene rings is 1. The minimum atomic E-state index is -0.231. The number of nitrogen functional groups attached to an aromatic ring is 1. The maximum absolute atomic E-state index is 6.08. The highest BCUT2D eigenvalue weighted by Gasteiger charge is 2.19. The van der Waals surface area contributed by atoms with Gasteiger partial charge in [0.25, 0.3) is 0 Å². The molecule has 6 heteroatoms. The van der Waals surface area contributed by atoms with Crippen LogP contribution in [0.3, 0.4) is 0 Å². The van der Waals surface area contributed by atoms with E-state index in [0.29, 0.717) is 33.3 Å². The summed E-state index contributed by atoms with van der Waals surface area (Å²) < 4.78 is 5.66. The zero-order chi connectivity index (χ0) is 14.9. The molecule has 0 bridgehead atoms. The number of anilines is 1. The van der Waals surface area contributed by atoms with Gasteiger partial charge in [-0.3, -0.25) is 0 Å². The molecule has 0 spiro atoms. The van der Waals surface area contributed by atoms with Gasteiger partial charge in [0.1, 0.15) is 22.4 Å². The third-order valence-corrected chi connectivity index (χ3v) is 3.33. The molecule has 0 radical (unpaired) electrons. The standard InChI is InChI=1S/C14H15Cl2N3O/c1-14(2,3)13-18-10(17)7-11(19-13)20-9-6-4-5-8(15)12(9)16/h4-7H,1-3H3,(H2,17,18,19). The molecule has 0 unspecified atom stereocenters. The molecule has 0 aliphatic heterocycles. The van der Waals surface area contributed by atoms with Crippen molar-refractivity contribution in [2.24, 2.45) is 0 Å². The minimum absolute atomic E-state index is 0.231. The van der Waals surface area contributed by atoms with E-state index in [1.807, 2.05) is 20.8 Å². The van der Waals surface area contributed by atoms with Crippen molar-refractivity contribution in [3.05, 3.63) is 40.1 Å². The summed E-state index contributed by atoms with van der Waals surface area (Å²) in [6.45, 7) is 5.99. The average Bonchev–Trinajstić information content (AvgIpc) is 2.33. The molecular weight excluding hydrogens is 297 g/mol. The second-order valence-electron chi connectivity index (χ2n) is 5.36. The molecule has 1 aromatic heterocycles. The van der Waals surface area contributed by atoms with Crippen molar-refractivity contribution in [2.75, 3.05) is 5.73 Å². The van der Waals surface area contributed by atoms with Crippen LogP contribution in [0.25, 0.3) is 0 Å². The van der Waals surface area contributed by atoms with Crippen molar-refractivity contribution in [1.82, 2.24) is 9.97 Å². The van der Waals surface area contributed by atoms with Gasteiger partial charge < -0.3 is 10.5 Å². The first-order valence-electron chi connectivity index (χ1n) is 6.04. The van der Waals surface area contributed by atoms with Gasteiger partial charge in [-0.15, -0.1) is 0 Å². The molecular formula is C14H15Cl2N3O. The number of halogens is 2. The van der Waals surface area contributed by atoms with Crippen LogP contribution in [0, 0.1) is 0 Å². The van der Waals surface area contributed by atoms with Crippen molar-refractivity contribution < 1.29 is 4.74 Å². The second-order valence-corrected chi connectivity index (χ2v) is 6.14. The van der Waals surface area contributed by atoms with Crippen molar-refractivity contribution in [3.63, 3.8) is 0 Å². The second kappa shape index (κ2) is 5.46. The van der Waals surface area contributed by atoms with Gasteiger partial charge in [-0.05, 0) is 12.1 Å². The highest BCUT2D eigenvalue weighted by Crippen LogP contribution is 2.34. The first-order valence-corrected chi connectivity index (χ1v) is 6.80. The average molecular weight is 312 g/mol. The van der Waals surface area contributed by atoms with Crippen LogP contribution in [0.4, 0.5) is 5.82 Å². The predicted molar refractivity (Wildman–Crippen MR) is 81.7 cm³/mol. The van der Waals surface area contributed by atoms with E-state index < -0.39 is 0 Å². The quantitative estimate of drug-likeness (QED) is 0.889. The van der Waals surface area contributed by atoms with Crippen molar-refractivity contribution >= 4 is 29.0 Å². The Morgan fingerprint density at radius 1 is 1.15 bits per heavy atom. The highest BCUT2D eigenvalue weighted by atomic mass is 35.5. The third kappa shape index (κ3) is 3.32. The summed E-state index contributed by atoms with van der Waals surface area (Å²) in [6.07, 6.45) is 0. The molecule has 0 saturated carbocycles. The Morgan fingerprint density at radius 2 is 1.85 bits per heavy atom. The zero-order valence-corrected chi connectivity index (χ0v) is 13.0. The number of hydrogen-bond acceptors (Lipinski definition) is 4. The molecule has 0 fully saturated rings. The van der Waals surface area contributed by atoms with E-state index in [-0.39, 0.29) is 5.41 Å². The summed E-state index contributed by atoms with van der Waals surface area (Å²) in [6, 6.07) is 6.69. The van der Waals surface area contributed by atoms with E-state index >= 15 is 0 Å². The molecule has 106 valence electrons. The first kappa shape index (κ1) is 14.9. The van der Waals surface area contributed by atoms with E-state index in [4.69, 9.17) is 33.7 Å². The lowest BCUT2D eigenvalue weighted by Gasteiger charge is -2.17. The zero-order valence-electron chi connectivity index (χ0n) is 11.4. The molecule has 0 aliphatic rings. The van der Waals surface area contributed by atoms with Gasteiger partial charge in [0, 0.05) is 11.5 Å². The molecule has 1 aromatic carbocycles. The molecule has 4 nitrogen and oxygen atoms in total. The molecule has 2 aromatic rings. The smallest absolute Gasteiger partial charge is 0.224 e. The summed E-state index contributed by atoms with van der Waals surface area (Å²) in [5.74, 6) is 1.72. The fourth-order valence-electron chi connectivity index (χ4n) is 1.51. The topological polar surface area (TPSA) is 61.0 Å². The fraction of sp³-hybridized carbons (Fsp3) is 0.286. The monoisotopic (exact) mass is 311 g/mol. The molecule has 1 heterocycles. The van der Waals surface area contributed by atoms with Crippen LogP contribution < -0.4 is 10.5 Å². The van der Waals surface area contributed by atoms with Crippen molar-refractivity contribution in [3.8, 4) is 11.6 Å². The molecule has 20 heavy (non-hydrogen) atoms. The summed E-state index contributed by atoms with van der Waals surface area (Å²) in [5.41, 5.74) is 5.56. The van der Waals surface area contributed by atoms with Crippen LogP contribution in [0.2, 0.25) is 10.0 Å². The molecule has 2 N–H and O–H groups in total. The normalized spacial score (nSPS) is 11.4. The number of ether oxygens (including phenoxy) is 1. The Morgan fingerprint density at radius 3 is 2.50 bits per heavy atom. The predicted octanol–water partition coefficient (Wildman–Crippen LogP) is 4.46. The molecule has 2 rings (SSSR count). The van der Waals surface area contributed by atoms with E-state index in [9.17, 15) is 0 Å². The van der Waals surface area contributed by atoms with Crippen molar-refractivity contribution in [2.45, 2.75) is 26.2 Å². The lowest BCUT2D eigenvalue weighted by atomic mass is 9.96. The largest absolute Gasteiger partial charge is 0.437 e. The lowest BCUT2D eigenvalue weighted by Crippen LogP contribution is -2.17. The summed E-state index contributed by atoms with van der Waals surface area (Å²) in [7, 11) is 0. The molecule has 0 atom stereocenters. The highest BCUT2D eigenvalue weighted by molar-refractivity contribution is 6.42. The van der Waals surface area contributed by atoms with Crippen LogP contribution in [0.5, 0.6) is 11.6 Å². The molecule has 0 amide bonds. The van der Waals surface area contributed by atoms with Gasteiger partial charge >= 0.3 is 0 Å². The molecule has 0 aliphatic carbocycles.